The van der Waals surface area contributed by atoms with E-state index in [1.54, 1.807) is 6.07 Å². The summed E-state index contributed by atoms with van der Waals surface area (Å²) < 4.78 is 11.2. The first kappa shape index (κ1) is 23.5. The lowest BCUT2D eigenvalue weighted by atomic mass is 10.0. The van der Waals surface area contributed by atoms with E-state index in [9.17, 15) is 10.1 Å². The van der Waals surface area contributed by atoms with Crippen LogP contribution >= 0.6 is 0 Å². The Labute approximate surface area is 198 Å². The normalized spacial score (nSPS) is 14.6. The molecule has 0 spiro atoms. The summed E-state index contributed by atoms with van der Waals surface area (Å²) in [5, 5.41) is 26.2. The van der Waals surface area contributed by atoms with E-state index in [-0.39, 0.29) is 18.7 Å². The standard InChI is InChI=1S/C26H28N4O4/c27-18-22(26(32)29-8-12-31)17-24-5-6-25(34-24)21-2-1-20-16-23(4-3-19(20)15-21)28-7-9-30-10-13-33-14-11-30/h1-6,15-17,28,31H,7-14H2,(H,29,32)/b22-17+. The largest absolute Gasteiger partial charge is 0.457 e. The smallest absolute Gasteiger partial charge is 0.262 e. The first-order valence-corrected chi connectivity index (χ1v) is 11.3. The van der Waals surface area contributed by atoms with Crippen LogP contribution in [0.5, 0.6) is 0 Å². The van der Waals surface area contributed by atoms with Gasteiger partial charge in [0.05, 0.1) is 19.8 Å². The van der Waals surface area contributed by atoms with E-state index in [1.165, 1.54) is 6.08 Å². The maximum atomic E-state index is 12.0. The van der Waals surface area contributed by atoms with Gasteiger partial charge in [0.1, 0.15) is 23.2 Å². The second-order valence-electron chi connectivity index (χ2n) is 8.01. The average Bonchev–Trinajstić information content (AvgIpc) is 3.35. The maximum Gasteiger partial charge on any atom is 0.262 e. The van der Waals surface area contributed by atoms with E-state index in [0.29, 0.717) is 11.5 Å². The number of carbonyl (C=O) groups is 1. The van der Waals surface area contributed by atoms with Crippen LogP contribution in [0, 0.1) is 11.3 Å². The van der Waals surface area contributed by atoms with Gasteiger partial charge in [0.25, 0.3) is 5.91 Å². The molecule has 1 saturated heterocycles. The van der Waals surface area contributed by atoms with Crippen LogP contribution in [0.15, 0.2) is 58.5 Å². The molecule has 1 fully saturated rings. The molecule has 0 atom stereocenters. The Balaban J connectivity index is 1.42. The molecule has 2 heterocycles. The number of hydrogen-bond donors (Lipinski definition) is 3. The lowest BCUT2D eigenvalue weighted by Crippen LogP contribution is -2.38. The molecule has 8 nitrogen and oxygen atoms in total. The van der Waals surface area contributed by atoms with Gasteiger partial charge < -0.3 is 24.9 Å². The highest BCUT2D eigenvalue weighted by Gasteiger charge is 2.12. The minimum atomic E-state index is -0.547. The van der Waals surface area contributed by atoms with Crippen molar-refractivity contribution in [1.29, 1.82) is 5.26 Å². The summed E-state index contributed by atoms with van der Waals surface area (Å²) in [6.07, 6.45) is 1.39. The van der Waals surface area contributed by atoms with E-state index >= 15 is 0 Å². The van der Waals surface area contributed by atoms with Gasteiger partial charge >= 0.3 is 0 Å². The third-order valence-corrected chi connectivity index (χ3v) is 5.66. The number of carbonyl (C=O) groups excluding carboxylic acids is 1. The Morgan fingerprint density at radius 3 is 2.68 bits per heavy atom. The predicted octanol–water partition coefficient (Wildman–Crippen LogP) is 2.86. The van der Waals surface area contributed by atoms with Gasteiger partial charge in [-0.05, 0) is 41.1 Å². The average molecular weight is 461 g/mol. The second kappa shape index (κ2) is 11.5. The third-order valence-electron chi connectivity index (χ3n) is 5.66. The summed E-state index contributed by atoms with van der Waals surface area (Å²) in [6, 6.07) is 17.8. The summed E-state index contributed by atoms with van der Waals surface area (Å²) >= 11 is 0. The van der Waals surface area contributed by atoms with Crippen molar-refractivity contribution in [2.45, 2.75) is 0 Å². The fourth-order valence-corrected chi connectivity index (χ4v) is 3.83. The number of nitrogens with one attached hydrogen (secondary N) is 2. The number of fused-ring (bicyclic) bond motifs is 1. The third kappa shape index (κ3) is 6.02. The van der Waals surface area contributed by atoms with Gasteiger partial charge in [-0.25, -0.2) is 0 Å². The first-order chi connectivity index (χ1) is 16.7. The van der Waals surface area contributed by atoms with E-state index in [0.717, 1.165) is 61.4 Å². The Bertz CT molecular complexity index is 1200. The quantitative estimate of drug-likeness (QED) is 0.333. The Hall–Kier alpha value is -3.64. The number of ether oxygens (including phenoxy) is 1. The summed E-state index contributed by atoms with van der Waals surface area (Å²) in [5.74, 6) is 0.508. The number of furan rings is 1. The number of aliphatic hydroxyl groups excluding tert-OH is 1. The molecule has 1 amide bonds. The number of benzene rings is 2. The fourth-order valence-electron chi connectivity index (χ4n) is 3.83. The molecule has 34 heavy (non-hydrogen) atoms. The monoisotopic (exact) mass is 460 g/mol. The van der Waals surface area contributed by atoms with Crippen LogP contribution in [0.1, 0.15) is 5.76 Å². The van der Waals surface area contributed by atoms with Crippen molar-refractivity contribution >= 4 is 28.4 Å². The number of morpholine rings is 1. The molecular formula is C26H28N4O4. The molecule has 1 aliphatic rings. The molecule has 0 saturated carbocycles. The summed E-state index contributed by atoms with van der Waals surface area (Å²) in [5.41, 5.74) is 1.91. The Morgan fingerprint density at radius 2 is 1.88 bits per heavy atom. The van der Waals surface area contributed by atoms with Crippen molar-refractivity contribution < 1.29 is 19.1 Å². The number of rotatable bonds is 9. The SMILES string of the molecule is N#C/C(=C\c1ccc(-c2ccc3cc(NCCN4CCOCC4)ccc3c2)o1)C(=O)NCCO. The van der Waals surface area contributed by atoms with Gasteiger partial charge in [0, 0.05) is 50.1 Å². The number of amides is 1. The fraction of sp³-hybridized carbons (Fsp3) is 0.308. The minimum absolute atomic E-state index is 0.0819. The zero-order valence-corrected chi connectivity index (χ0v) is 18.9. The zero-order chi connectivity index (χ0) is 23.8. The first-order valence-electron chi connectivity index (χ1n) is 11.3. The van der Waals surface area contributed by atoms with E-state index in [4.69, 9.17) is 14.3 Å². The summed E-state index contributed by atoms with van der Waals surface area (Å²) in [4.78, 5) is 14.4. The molecule has 8 heteroatoms. The van der Waals surface area contributed by atoms with Gasteiger partial charge in [-0.15, -0.1) is 0 Å². The molecule has 4 rings (SSSR count). The van der Waals surface area contributed by atoms with Crippen molar-refractivity contribution in [2.24, 2.45) is 0 Å². The zero-order valence-electron chi connectivity index (χ0n) is 18.9. The van der Waals surface area contributed by atoms with Crippen LogP contribution < -0.4 is 10.6 Å². The highest BCUT2D eigenvalue weighted by molar-refractivity contribution is 6.01. The molecule has 1 aliphatic heterocycles. The second-order valence-corrected chi connectivity index (χ2v) is 8.01. The van der Waals surface area contributed by atoms with Crippen LogP contribution in [0.25, 0.3) is 28.2 Å². The number of nitriles is 1. The lowest BCUT2D eigenvalue weighted by Gasteiger charge is -2.26. The minimum Gasteiger partial charge on any atom is -0.457 e. The Kier molecular flexibility index (Phi) is 7.94. The number of hydrogen-bond acceptors (Lipinski definition) is 7. The Morgan fingerprint density at radius 1 is 1.09 bits per heavy atom. The molecule has 1 aromatic heterocycles. The number of aliphatic hydroxyl groups is 1. The van der Waals surface area contributed by atoms with Gasteiger partial charge in [-0.3, -0.25) is 9.69 Å². The van der Waals surface area contributed by atoms with Crippen molar-refractivity contribution in [1.82, 2.24) is 10.2 Å². The van der Waals surface area contributed by atoms with Crippen LogP contribution in [0.3, 0.4) is 0 Å². The van der Waals surface area contributed by atoms with E-state index in [1.807, 2.05) is 18.2 Å². The number of nitrogens with zero attached hydrogens (tertiary/aromatic N) is 2. The van der Waals surface area contributed by atoms with Gasteiger partial charge in [0.2, 0.25) is 0 Å². The van der Waals surface area contributed by atoms with Crippen molar-refractivity contribution in [3.8, 4) is 17.4 Å². The van der Waals surface area contributed by atoms with E-state index in [2.05, 4.69) is 45.9 Å². The lowest BCUT2D eigenvalue weighted by molar-refractivity contribution is -0.117. The predicted molar refractivity (Wildman–Crippen MR) is 131 cm³/mol. The van der Waals surface area contributed by atoms with Crippen LogP contribution in [-0.4, -0.2) is 68.5 Å². The molecular weight excluding hydrogens is 432 g/mol. The molecule has 0 unspecified atom stereocenters. The molecule has 3 aromatic rings. The van der Waals surface area contributed by atoms with Crippen LogP contribution in [0.2, 0.25) is 0 Å². The summed E-state index contributed by atoms with van der Waals surface area (Å²) in [7, 11) is 0. The van der Waals surface area contributed by atoms with Crippen LogP contribution in [-0.2, 0) is 9.53 Å². The molecule has 2 aromatic carbocycles. The molecule has 0 radical (unpaired) electrons. The van der Waals surface area contributed by atoms with Crippen LogP contribution in [0.4, 0.5) is 5.69 Å². The van der Waals surface area contributed by atoms with Crippen molar-refractivity contribution in [3.63, 3.8) is 0 Å². The highest BCUT2D eigenvalue weighted by Crippen LogP contribution is 2.28. The van der Waals surface area contributed by atoms with Gasteiger partial charge in [-0.2, -0.15) is 5.26 Å². The van der Waals surface area contributed by atoms with Gasteiger partial charge in [-0.1, -0.05) is 18.2 Å². The molecule has 0 aliphatic carbocycles. The van der Waals surface area contributed by atoms with Crippen molar-refractivity contribution in [2.75, 3.05) is 57.9 Å². The number of anilines is 1. The highest BCUT2D eigenvalue weighted by atomic mass is 16.5. The maximum absolute atomic E-state index is 12.0. The topological polar surface area (TPSA) is 111 Å². The van der Waals surface area contributed by atoms with Crippen molar-refractivity contribution in [3.05, 3.63) is 59.9 Å². The molecule has 176 valence electrons. The van der Waals surface area contributed by atoms with E-state index < -0.39 is 5.91 Å². The molecule has 3 N–H and O–H groups in total. The summed E-state index contributed by atoms with van der Waals surface area (Å²) in [6.45, 7) is 5.37. The van der Waals surface area contributed by atoms with Gasteiger partial charge in [0.15, 0.2) is 0 Å². The molecule has 0 bridgehead atoms.